The lowest BCUT2D eigenvalue weighted by atomic mass is 10.1. The van der Waals surface area contributed by atoms with Crippen LogP contribution in [0.25, 0.3) is 0 Å². The van der Waals surface area contributed by atoms with Gasteiger partial charge in [0.2, 0.25) is 0 Å². The summed E-state index contributed by atoms with van der Waals surface area (Å²) in [5.41, 5.74) is 0.469. The van der Waals surface area contributed by atoms with Gasteiger partial charge in [0.25, 0.3) is 11.8 Å². The van der Waals surface area contributed by atoms with Gasteiger partial charge < -0.3 is 9.57 Å². The van der Waals surface area contributed by atoms with Crippen molar-refractivity contribution in [1.29, 1.82) is 0 Å². The third kappa shape index (κ3) is 3.11. The van der Waals surface area contributed by atoms with Crippen molar-refractivity contribution in [3.63, 3.8) is 0 Å². The van der Waals surface area contributed by atoms with Crippen LogP contribution in [-0.2, 0) is 9.63 Å². The molecule has 1 heterocycles. The van der Waals surface area contributed by atoms with Crippen LogP contribution in [0.5, 0.6) is 5.75 Å². The third-order valence-electron chi connectivity index (χ3n) is 3.37. The average molecular weight is 343 g/mol. The number of fused-ring (bicyclic) bond motifs is 1. The number of benzene rings is 2. The molecule has 2 aromatic carbocycles. The molecule has 1 aliphatic rings. The highest BCUT2D eigenvalue weighted by Gasteiger charge is 2.38. The summed E-state index contributed by atoms with van der Waals surface area (Å²) in [4.78, 5) is 41.9. The minimum Gasteiger partial charge on any atom is -0.497 e. The Morgan fingerprint density at radius 1 is 1.00 bits per heavy atom. The van der Waals surface area contributed by atoms with Crippen molar-refractivity contribution in [2.75, 3.05) is 12.9 Å². The Bertz CT molecular complexity index is 768. The first kappa shape index (κ1) is 16.1. The molecule has 3 rings (SSSR count). The number of imide groups is 1. The van der Waals surface area contributed by atoms with Crippen LogP contribution in [-0.4, -0.2) is 35.7 Å². The van der Waals surface area contributed by atoms with Gasteiger partial charge in [0, 0.05) is 4.90 Å². The van der Waals surface area contributed by atoms with Gasteiger partial charge in [-0.15, -0.1) is 11.8 Å². The first-order chi connectivity index (χ1) is 11.6. The Morgan fingerprint density at radius 3 is 2.12 bits per heavy atom. The van der Waals surface area contributed by atoms with Crippen LogP contribution in [0.3, 0.4) is 0 Å². The zero-order valence-corrected chi connectivity index (χ0v) is 13.5. The van der Waals surface area contributed by atoms with E-state index in [4.69, 9.17) is 9.57 Å². The highest BCUT2D eigenvalue weighted by Crippen LogP contribution is 2.24. The summed E-state index contributed by atoms with van der Waals surface area (Å²) in [6, 6.07) is 13.5. The van der Waals surface area contributed by atoms with Gasteiger partial charge in [0.05, 0.1) is 24.0 Å². The van der Waals surface area contributed by atoms with Gasteiger partial charge in [-0.3, -0.25) is 9.59 Å². The van der Waals surface area contributed by atoms with Crippen molar-refractivity contribution in [3.05, 3.63) is 59.7 Å². The van der Waals surface area contributed by atoms with Gasteiger partial charge in [-0.1, -0.05) is 17.2 Å². The second-order valence-electron chi connectivity index (χ2n) is 4.88. The lowest BCUT2D eigenvalue weighted by molar-refractivity contribution is -0.165. The fourth-order valence-electron chi connectivity index (χ4n) is 2.19. The molecule has 0 spiro atoms. The molecule has 1 aliphatic heterocycles. The highest BCUT2D eigenvalue weighted by atomic mass is 32.2. The number of carbonyl (C=O) groups is 3. The minimum absolute atomic E-state index is 0.0280. The molecule has 2 amide bonds. The van der Waals surface area contributed by atoms with Crippen LogP contribution < -0.4 is 4.74 Å². The van der Waals surface area contributed by atoms with Crippen molar-refractivity contribution >= 4 is 29.5 Å². The maximum atomic E-state index is 12.1. The van der Waals surface area contributed by atoms with E-state index in [1.807, 2.05) is 0 Å². The molecule has 0 aliphatic carbocycles. The Balaban J connectivity index is 1.59. The maximum Gasteiger partial charge on any atom is 0.343 e. The van der Waals surface area contributed by atoms with Gasteiger partial charge in [-0.2, -0.15) is 0 Å². The summed E-state index contributed by atoms with van der Waals surface area (Å²) in [6.07, 6.45) is 0. The van der Waals surface area contributed by atoms with E-state index in [1.165, 1.54) is 23.9 Å². The number of thioether (sulfide) groups is 1. The monoisotopic (exact) mass is 343 g/mol. The Hall–Kier alpha value is -2.80. The molecule has 0 N–H and O–H groups in total. The standard InChI is InChI=1S/C17H13NO5S/c1-22-11-6-8-12(9-7-11)24-10-15(19)23-18-16(20)13-4-2-3-5-14(13)17(18)21/h2-9H,10H2,1H3. The van der Waals surface area contributed by atoms with Crippen LogP contribution in [0, 0.1) is 0 Å². The number of methoxy groups -OCH3 is 1. The molecule has 0 bridgehead atoms. The molecule has 0 aromatic heterocycles. The minimum atomic E-state index is -0.676. The molecular formula is C17H13NO5S. The van der Waals surface area contributed by atoms with E-state index in [1.54, 1.807) is 43.5 Å². The largest absolute Gasteiger partial charge is 0.497 e. The summed E-state index contributed by atoms with van der Waals surface area (Å²) in [7, 11) is 1.57. The predicted octanol–water partition coefficient (Wildman–Crippen LogP) is 2.54. The van der Waals surface area contributed by atoms with Crippen molar-refractivity contribution in [2.24, 2.45) is 0 Å². The molecule has 122 valence electrons. The molecule has 24 heavy (non-hydrogen) atoms. The molecule has 0 fully saturated rings. The summed E-state index contributed by atoms with van der Waals surface area (Å²) in [6.45, 7) is 0. The van der Waals surface area contributed by atoms with E-state index in [0.29, 0.717) is 10.8 Å². The first-order valence-electron chi connectivity index (χ1n) is 7.05. The highest BCUT2D eigenvalue weighted by molar-refractivity contribution is 8.00. The number of hydrogen-bond donors (Lipinski definition) is 0. The zero-order chi connectivity index (χ0) is 17.1. The summed E-state index contributed by atoms with van der Waals surface area (Å²) in [5.74, 6) is -1.24. The summed E-state index contributed by atoms with van der Waals surface area (Å²) >= 11 is 1.24. The number of hydroxylamine groups is 2. The van der Waals surface area contributed by atoms with Crippen LogP contribution in [0.15, 0.2) is 53.4 Å². The molecule has 0 unspecified atom stereocenters. The summed E-state index contributed by atoms with van der Waals surface area (Å²) in [5, 5.41) is 0.515. The van der Waals surface area contributed by atoms with Crippen LogP contribution in [0.4, 0.5) is 0 Å². The molecule has 6 nitrogen and oxygen atoms in total. The number of amides is 2. The molecule has 7 heteroatoms. The van der Waals surface area contributed by atoms with E-state index in [2.05, 4.69) is 0 Å². The van der Waals surface area contributed by atoms with Crippen molar-refractivity contribution in [1.82, 2.24) is 5.06 Å². The lowest BCUT2D eigenvalue weighted by Crippen LogP contribution is -2.33. The number of carbonyl (C=O) groups excluding carboxylic acids is 3. The maximum absolute atomic E-state index is 12.1. The van der Waals surface area contributed by atoms with Crippen molar-refractivity contribution in [3.8, 4) is 5.75 Å². The fourth-order valence-corrected chi connectivity index (χ4v) is 2.86. The van der Waals surface area contributed by atoms with E-state index < -0.39 is 17.8 Å². The number of ether oxygens (including phenoxy) is 1. The van der Waals surface area contributed by atoms with Crippen LogP contribution in [0.1, 0.15) is 20.7 Å². The van der Waals surface area contributed by atoms with E-state index in [-0.39, 0.29) is 16.9 Å². The normalized spacial score (nSPS) is 13.0. The van der Waals surface area contributed by atoms with Gasteiger partial charge in [0.15, 0.2) is 0 Å². The quantitative estimate of drug-likeness (QED) is 0.614. The second kappa shape index (κ2) is 6.76. The molecular weight excluding hydrogens is 330 g/mol. The van der Waals surface area contributed by atoms with E-state index in [9.17, 15) is 14.4 Å². The molecule has 0 radical (unpaired) electrons. The molecule has 0 saturated heterocycles. The SMILES string of the molecule is COc1ccc(SCC(=O)ON2C(=O)c3ccccc3C2=O)cc1. The number of hydrogen-bond acceptors (Lipinski definition) is 6. The first-order valence-corrected chi connectivity index (χ1v) is 8.04. The van der Waals surface area contributed by atoms with Gasteiger partial charge in [0.1, 0.15) is 5.75 Å². The molecule has 2 aromatic rings. The molecule has 0 saturated carbocycles. The topological polar surface area (TPSA) is 72.9 Å². The van der Waals surface area contributed by atoms with Crippen molar-refractivity contribution < 1.29 is 24.0 Å². The smallest absolute Gasteiger partial charge is 0.343 e. The Kier molecular flexibility index (Phi) is 4.52. The molecule has 0 atom stereocenters. The number of nitrogens with zero attached hydrogens (tertiary/aromatic N) is 1. The van der Waals surface area contributed by atoms with E-state index in [0.717, 1.165) is 4.90 Å². The third-order valence-corrected chi connectivity index (χ3v) is 4.35. The van der Waals surface area contributed by atoms with Crippen molar-refractivity contribution in [2.45, 2.75) is 4.90 Å². The average Bonchev–Trinajstić information content (AvgIpc) is 2.86. The summed E-state index contributed by atoms with van der Waals surface area (Å²) < 4.78 is 5.06. The lowest BCUT2D eigenvalue weighted by Gasteiger charge is -2.12. The fraction of sp³-hybridized carbons (Fsp3) is 0.118. The zero-order valence-electron chi connectivity index (χ0n) is 12.7. The predicted molar refractivity (Wildman–Crippen MR) is 86.8 cm³/mol. The van der Waals surface area contributed by atoms with Crippen LogP contribution in [0.2, 0.25) is 0 Å². The van der Waals surface area contributed by atoms with E-state index >= 15 is 0 Å². The van der Waals surface area contributed by atoms with Gasteiger partial charge in [-0.25, -0.2) is 4.79 Å². The number of rotatable bonds is 5. The van der Waals surface area contributed by atoms with Gasteiger partial charge in [-0.05, 0) is 36.4 Å². The van der Waals surface area contributed by atoms with Gasteiger partial charge >= 0.3 is 5.97 Å². The Morgan fingerprint density at radius 2 is 1.58 bits per heavy atom. The second-order valence-corrected chi connectivity index (χ2v) is 5.93. The Labute approximate surface area is 142 Å². The van der Waals surface area contributed by atoms with Crippen LogP contribution >= 0.6 is 11.8 Å².